The van der Waals surface area contributed by atoms with Gasteiger partial charge < -0.3 is 19.2 Å². The van der Waals surface area contributed by atoms with Crippen LogP contribution in [0.2, 0.25) is 5.02 Å². The molecule has 0 saturated heterocycles. The standard InChI is InChI=1S/C23H21ClN2O4/c1-3-29-23(27)30-22-16(13-28-2)21-19(12-25-22)26-18-10-6-8-15(20(18)21)11-14-7-4-5-9-17(14)24/h4-10,12,26H,3,11,13H2,1-2H3. The van der Waals surface area contributed by atoms with Crippen molar-refractivity contribution < 1.29 is 19.0 Å². The van der Waals surface area contributed by atoms with Crippen molar-refractivity contribution in [3.05, 3.63) is 70.4 Å². The van der Waals surface area contributed by atoms with E-state index in [0.29, 0.717) is 12.0 Å². The highest BCUT2D eigenvalue weighted by Crippen LogP contribution is 2.36. The van der Waals surface area contributed by atoms with Gasteiger partial charge in [-0.05, 0) is 36.6 Å². The van der Waals surface area contributed by atoms with E-state index in [1.807, 2.05) is 36.4 Å². The molecule has 0 aliphatic carbocycles. The zero-order chi connectivity index (χ0) is 21.1. The largest absolute Gasteiger partial charge is 0.515 e. The summed E-state index contributed by atoms with van der Waals surface area (Å²) in [6.07, 6.45) is 1.52. The number of ether oxygens (including phenoxy) is 3. The Morgan fingerprint density at radius 3 is 2.63 bits per heavy atom. The highest BCUT2D eigenvalue weighted by molar-refractivity contribution is 6.31. The van der Waals surface area contributed by atoms with Crippen LogP contribution in [0, 0.1) is 0 Å². The van der Waals surface area contributed by atoms with Crippen LogP contribution < -0.4 is 4.74 Å². The second-order valence-corrected chi connectivity index (χ2v) is 7.19. The molecule has 154 valence electrons. The fraction of sp³-hybridized carbons (Fsp3) is 0.217. The van der Waals surface area contributed by atoms with Gasteiger partial charge in [-0.15, -0.1) is 0 Å². The van der Waals surface area contributed by atoms with Crippen molar-refractivity contribution in [2.24, 2.45) is 0 Å². The Kier molecular flexibility index (Phi) is 5.88. The summed E-state index contributed by atoms with van der Waals surface area (Å²) in [6.45, 7) is 2.16. The van der Waals surface area contributed by atoms with Crippen LogP contribution >= 0.6 is 11.6 Å². The Balaban J connectivity index is 1.91. The smallest absolute Gasteiger partial charge is 0.434 e. The maximum absolute atomic E-state index is 11.9. The summed E-state index contributed by atoms with van der Waals surface area (Å²) in [4.78, 5) is 19.6. The van der Waals surface area contributed by atoms with E-state index in [4.69, 9.17) is 25.8 Å². The van der Waals surface area contributed by atoms with E-state index in [-0.39, 0.29) is 19.1 Å². The first-order chi connectivity index (χ1) is 14.6. The molecule has 30 heavy (non-hydrogen) atoms. The van der Waals surface area contributed by atoms with E-state index in [2.05, 4.69) is 16.0 Å². The Morgan fingerprint density at radius 2 is 1.87 bits per heavy atom. The number of fused-ring (bicyclic) bond motifs is 3. The van der Waals surface area contributed by atoms with Gasteiger partial charge in [-0.1, -0.05) is 41.9 Å². The number of H-pyrrole nitrogens is 1. The summed E-state index contributed by atoms with van der Waals surface area (Å²) >= 11 is 6.40. The predicted octanol–water partition coefficient (Wildman–Crippen LogP) is 5.64. The summed E-state index contributed by atoms with van der Waals surface area (Å²) in [5.74, 6) is 0.177. The van der Waals surface area contributed by atoms with Crippen molar-refractivity contribution >= 4 is 39.6 Å². The molecule has 2 heterocycles. The van der Waals surface area contributed by atoms with Crippen molar-refractivity contribution in [2.45, 2.75) is 20.0 Å². The van der Waals surface area contributed by atoms with Gasteiger partial charge in [0.25, 0.3) is 0 Å². The monoisotopic (exact) mass is 424 g/mol. The lowest BCUT2D eigenvalue weighted by molar-refractivity contribution is 0.101. The first-order valence-electron chi connectivity index (χ1n) is 9.60. The molecule has 0 aliphatic rings. The maximum atomic E-state index is 11.9. The third-order valence-electron chi connectivity index (χ3n) is 4.88. The number of nitrogens with one attached hydrogen (secondary N) is 1. The fourth-order valence-electron chi connectivity index (χ4n) is 3.65. The molecule has 6 nitrogen and oxygen atoms in total. The Bertz CT molecular complexity index is 1220. The molecular formula is C23H21ClN2O4. The lowest BCUT2D eigenvalue weighted by atomic mass is 9.98. The van der Waals surface area contributed by atoms with Gasteiger partial charge >= 0.3 is 6.16 Å². The highest BCUT2D eigenvalue weighted by atomic mass is 35.5. The minimum absolute atomic E-state index is 0.177. The third kappa shape index (κ3) is 3.84. The maximum Gasteiger partial charge on any atom is 0.515 e. The molecule has 0 saturated carbocycles. The molecule has 0 radical (unpaired) electrons. The number of rotatable bonds is 6. The van der Waals surface area contributed by atoms with E-state index >= 15 is 0 Å². The lowest BCUT2D eigenvalue weighted by Crippen LogP contribution is -2.12. The summed E-state index contributed by atoms with van der Waals surface area (Å²) in [5.41, 5.74) is 4.60. The van der Waals surface area contributed by atoms with Crippen LogP contribution in [0.4, 0.5) is 4.79 Å². The predicted molar refractivity (Wildman–Crippen MR) is 116 cm³/mol. The Morgan fingerprint density at radius 1 is 1.07 bits per heavy atom. The lowest BCUT2D eigenvalue weighted by Gasteiger charge is -2.11. The molecule has 4 rings (SSSR count). The van der Waals surface area contributed by atoms with Crippen LogP contribution in [0.25, 0.3) is 21.8 Å². The molecule has 0 atom stereocenters. The van der Waals surface area contributed by atoms with E-state index < -0.39 is 6.16 Å². The van der Waals surface area contributed by atoms with Gasteiger partial charge in [0, 0.05) is 28.4 Å². The first kappa shape index (κ1) is 20.2. The average Bonchev–Trinajstić information content (AvgIpc) is 3.11. The molecule has 0 unspecified atom stereocenters. The summed E-state index contributed by atoms with van der Waals surface area (Å²) in [7, 11) is 1.59. The number of hydrogen-bond acceptors (Lipinski definition) is 5. The zero-order valence-corrected chi connectivity index (χ0v) is 17.5. The minimum Gasteiger partial charge on any atom is -0.434 e. The number of nitrogens with zero attached hydrogens (tertiary/aromatic N) is 1. The normalized spacial score (nSPS) is 11.2. The molecule has 4 aromatic rings. The van der Waals surface area contributed by atoms with Gasteiger partial charge in [0.15, 0.2) is 0 Å². The minimum atomic E-state index is -0.794. The molecule has 0 fully saturated rings. The third-order valence-corrected chi connectivity index (χ3v) is 5.25. The highest BCUT2D eigenvalue weighted by Gasteiger charge is 2.20. The van der Waals surface area contributed by atoms with E-state index in [1.165, 1.54) is 0 Å². The van der Waals surface area contributed by atoms with E-state index in [0.717, 1.165) is 38.0 Å². The number of aromatic amines is 1. The molecule has 0 spiro atoms. The topological polar surface area (TPSA) is 73.4 Å². The number of halogens is 1. The molecule has 0 amide bonds. The zero-order valence-electron chi connectivity index (χ0n) is 16.7. The van der Waals surface area contributed by atoms with Gasteiger partial charge in [0.2, 0.25) is 5.88 Å². The number of carbonyl (C=O) groups is 1. The number of carbonyl (C=O) groups excluding carboxylic acids is 1. The van der Waals surface area contributed by atoms with Crippen LogP contribution in [0.1, 0.15) is 23.6 Å². The number of benzene rings is 2. The Labute approximate surface area is 178 Å². The van der Waals surface area contributed by atoms with Crippen LogP contribution in [0.15, 0.2) is 48.7 Å². The molecule has 1 N–H and O–H groups in total. The van der Waals surface area contributed by atoms with Gasteiger partial charge in [-0.3, -0.25) is 0 Å². The second kappa shape index (κ2) is 8.73. The molecule has 7 heteroatoms. The van der Waals surface area contributed by atoms with Crippen molar-refractivity contribution in [1.82, 2.24) is 9.97 Å². The van der Waals surface area contributed by atoms with Gasteiger partial charge in [0.1, 0.15) is 0 Å². The Hall–Kier alpha value is -3.09. The number of methoxy groups -OCH3 is 1. The number of pyridine rings is 1. The number of hydrogen-bond donors (Lipinski definition) is 1. The fourth-order valence-corrected chi connectivity index (χ4v) is 3.85. The van der Waals surface area contributed by atoms with Crippen LogP contribution in [-0.4, -0.2) is 29.8 Å². The first-order valence-corrected chi connectivity index (χ1v) is 9.98. The molecule has 0 aliphatic heterocycles. The van der Waals surface area contributed by atoms with Gasteiger partial charge in [0.05, 0.1) is 30.5 Å². The van der Waals surface area contributed by atoms with Gasteiger partial charge in [-0.25, -0.2) is 9.78 Å². The number of aromatic nitrogens is 2. The van der Waals surface area contributed by atoms with Crippen molar-refractivity contribution in [2.75, 3.05) is 13.7 Å². The summed E-state index contributed by atoms with van der Waals surface area (Å²) < 4.78 is 15.7. The SMILES string of the molecule is CCOC(=O)Oc1ncc2[nH]c3cccc(Cc4ccccc4Cl)c3c2c1COC. The molecular weight excluding hydrogens is 404 g/mol. The summed E-state index contributed by atoms with van der Waals surface area (Å²) in [5, 5.41) is 2.65. The van der Waals surface area contributed by atoms with Gasteiger partial charge in [-0.2, -0.15) is 0 Å². The van der Waals surface area contributed by atoms with Crippen molar-refractivity contribution in [3.63, 3.8) is 0 Å². The quantitative estimate of drug-likeness (QED) is 0.405. The van der Waals surface area contributed by atoms with E-state index in [9.17, 15) is 4.79 Å². The molecule has 2 aromatic carbocycles. The van der Waals surface area contributed by atoms with E-state index in [1.54, 1.807) is 20.2 Å². The van der Waals surface area contributed by atoms with Crippen LogP contribution in [0.3, 0.4) is 0 Å². The second-order valence-electron chi connectivity index (χ2n) is 6.78. The van der Waals surface area contributed by atoms with Crippen LogP contribution in [-0.2, 0) is 22.5 Å². The van der Waals surface area contributed by atoms with Crippen molar-refractivity contribution in [1.29, 1.82) is 0 Å². The molecule has 0 bridgehead atoms. The van der Waals surface area contributed by atoms with Crippen molar-refractivity contribution in [3.8, 4) is 5.88 Å². The van der Waals surface area contributed by atoms with Crippen LogP contribution in [0.5, 0.6) is 5.88 Å². The average molecular weight is 425 g/mol. The summed E-state index contributed by atoms with van der Waals surface area (Å²) in [6, 6.07) is 13.9. The molecule has 2 aromatic heterocycles.